The van der Waals surface area contributed by atoms with Gasteiger partial charge in [0.2, 0.25) is 5.95 Å². The Hall–Kier alpha value is -1.54. The second kappa shape index (κ2) is 10.6. The third-order valence-electron chi connectivity index (χ3n) is 6.37. The second-order valence-electron chi connectivity index (χ2n) is 10.3. The number of halogens is 1. The van der Waals surface area contributed by atoms with Crippen molar-refractivity contribution in [1.82, 2.24) is 19.4 Å². The minimum atomic E-state index is -1.95. The highest BCUT2D eigenvalue weighted by Crippen LogP contribution is 2.39. The number of aromatic nitrogens is 3. The van der Waals surface area contributed by atoms with E-state index in [0.29, 0.717) is 30.7 Å². The monoisotopic (exact) mass is 601 g/mol. The van der Waals surface area contributed by atoms with Gasteiger partial charge >= 0.3 is 0 Å². The number of hydrogen-bond donors (Lipinski definition) is 1. The quantitative estimate of drug-likeness (QED) is 0.150. The molecule has 0 aliphatic carbocycles. The third-order valence-corrected chi connectivity index (χ3v) is 11.7. The molecule has 1 aliphatic rings. The van der Waals surface area contributed by atoms with Gasteiger partial charge in [0.25, 0.3) is 5.56 Å². The highest BCUT2D eigenvalue weighted by molar-refractivity contribution is 14.1. The van der Waals surface area contributed by atoms with Crippen LogP contribution < -0.4 is 5.56 Å². The number of nitrogens with one attached hydrogen (secondary N) is 1. The fourth-order valence-electron chi connectivity index (χ4n) is 3.45. The van der Waals surface area contributed by atoms with Crippen molar-refractivity contribution in [3.05, 3.63) is 32.8 Å². The van der Waals surface area contributed by atoms with Crippen molar-refractivity contribution in [3.8, 4) is 0 Å². The summed E-state index contributed by atoms with van der Waals surface area (Å²) in [6.07, 6.45) is 5.13. The van der Waals surface area contributed by atoms with Crippen LogP contribution in [0.15, 0.2) is 28.6 Å². The Labute approximate surface area is 215 Å². The van der Waals surface area contributed by atoms with Crippen LogP contribution in [0.3, 0.4) is 0 Å². The lowest BCUT2D eigenvalue weighted by Gasteiger charge is -2.37. The molecule has 0 spiro atoms. The van der Waals surface area contributed by atoms with Crippen LogP contribution in [-0.4, -0.2) is 73.6 Å². The molecule has 11 heteroatoms. The molecule has 0 radical (unpaired) electrons. The molecular formula is C23H36IN5O4Si. The number of rotatable bonds is 9. The molecule has 188 valence electrons. The fraction of sp³-hybridized carbons (Fsp3) is 0.609. The van der Waals surface area contributed by atoms with Crippen molar-refractivity contribution in [3.63, 3.8) is 0 Å². The lowest BCUT2D eigenvalue weighted by Crippen LogP contribution is -2.44. The van der Waals surface area contributed by atoms with Gasteiger partial charge in [-0.3, -0.25) is 9.78 Å². The van der Waals surface area contributed by atoms with Crippen LogP contribution in [0.4, 0.5) is 5.95 Å². The molecule has 0 saturated carbocycles. The van der Waals surface area contributed by atoms with Crippen molar-refractivity contribution in [1.29, 1.82) is 0 Å². The Balaban J connectivity index is 1.92. The average Bonchev–Trinajstić information content (AvgIpc) is 3.29. The SMILES string of the molecule is C=CCOC1C[C@H](n2cc(I)c3c(=O)[nH]c(/N=C\N(C)C)nc32)O[C@@H]1CO[Si](C)(C)C(C)(C)C. The fourth-order valence-corrected chi connectivity index (χ4v) is 5.25. The second-order valence-corrected chi connectivity index (χ2v) is 16.2. The highest BCUT2D eigenvalue weighted by Gasteiger charge is 2.42. The first-order valence-corrected chi connectivity index (χ1v) is 15.4. The average molecular weight is 602 g/mol. The zero-order valence-corrected chi connectivity index (χ0v) is 24.2. The van der Waals surface area contributed by atoms with Crippen LogP contribution in [0.2, 0.25) is 18.1 Å². The molecule has 3 rings (SSSR count). The van der Waals surface area contributed by atoms with Gasteiger partial charge in [-0.15, -0.1) is 6.58 Å². The standard InChI is InChI=1S/C23H36IN5O4Si/c1-9-10-31-16-11-18(33-17(16)13-32-34(7,8)23(2,3)4)29-12-15(24)19-20(29)26-22(27-21(19)30)25-14-28(5)6/h9,12,14,16-18H,1,10-11,13H2,2-8H3,(H,26,27,30)/b25-14-/t16?,17-,18-/m1/s1. The van der Waals surface area contributed by atoms with E-state index >= 15 is 0 Å². The molecule has 3 heterocycles. The maximum atomic E-state index is 12.8. The molecule has 0 aromatic carbocycles. The minimum Gasteiger partial charge on any atom is -0.414 e. The predicted molar refractivity (Wildman–Crippen MR) is 147 cm³/mol. The first-order chi connectivity index (χ1) is 15.8. The maximum Gasteiger partial charge on any atom is 0.262 e. The Morgan fingerprint density at radius 1 is 1.44 bits per heavy atom. The van der Waals surface area contributed by atoms with Crippen LogP contribution in [0.5, 0.6) is 0 Å². The molecule has 1 fully saturated rings. The summed E-state index contributed by atoms with van der Waals surface area (Å²) in [7, 11) is 1.76. The normalized spacial score (nSPS) is 21.6. The molecule has 2 aromatic rings. The van der Waals surface area contributed by atoms with E-state index < -0.39 is 8.32 Å². The largest absolute Gasteiger partial charge is 0.414 e. The van der Waals surface area contributed by atoms with E-state index in [0.717, 1.165) is 3.57 Å². The van der Waals surface area contributed by atoms with Crippen LogP contribution in [0.1, 0.15) is 33.4 Å². The van der Waals surface area contributed by atoms with Gasteiger partial charge in [-0.1, -0.05) is 26.8 Å². The van der Waals surface area contributed by atoms with Gasteiger partial charge in [0.05, 0.1) is 31.0 Å². The Morgan fingerprint density at radius 2 is 2.15 bits per heavy atom. The number of hydrogen-bond acceptors (Lipinski definition) is 6. The molecular weight excluding hydrogens is 565 g/mol. The summed E-state index contributed by atoms with van der Waals surface area (Å²) < 4.78 is 21.7. The van der Waals surface area contributed by atoms with E-state index in [9.17, 15) is 4.79 Å². The number of aromatic amines is 1. The molecule has 2 aromatic heterocycles. The molecule has 0 amide bonds. The molecule has 1 unspecified atom stereocenters. The molecule has 34 heavy (non-hydrogen) atoms. The number of aliphatic imine (C=N–C) groups is 1. The van der Waals surface area contributed by atoms with E-state index in [1.807, 2.05) is 24.9 Å². The first-order valence-electron chi connectivity index (χ1n) is 11.4. The Morgan fingerprint density at radius 3 is 2.76 bits per heavy atom. The van der Waals surface area contributed by atoms with E-state index in [-0.39, 0.29) is 35.0 Å². The van der Waals surface area contributed by atoms with Crippen molar-refractivity contribution in [2.45, 2.75) is 63.8 Å². The summed E-state index contributed by atoms with van der Waals surface area (Å²) in [5.74, 6) is 0.247. The summed E-state index contributed by atoms with van der Waals surface area (Å²) in [6, 6.07) is 0. The molecule has 0 bridgehead atoms. The van der Waals surface area contributed by atoms with Crippen molar-refractivity contribution < 1.29 is 13.9 Å². The van der Waals surface area contributed by atoms with Gasteiger partial charge in [0.15, 0.2) is 14.0 Å². The Kier molecular flexibility index (Phi) is 8.44. The van der Waals surface area contributed by atoms with Gasteiger partial charge < -0.3 is 23.4 Å². The minimum absolute atomic E-state index is 0.101. The molecule has 1 saturated heterocycles. The van der Waals surface area contributed by atoms with Crippen LogP contribution in [-0.2, 0) is 13.9 Å². The smallest absolute Gasteiger partial charge is 0.262 e. The lowest BCUT2D eigenvalue weighted by atomic mass is 10.2. The number of ether oxygens (including phenoxy) is 2. The summed E-state index contributed by atoms with van der Waals surface area (Å²) in [6.45, 7) is 15.8. The van der Waals surface area contributed by atoms with E-state index in [4.69, 9.17) is 13.9 Å². The number of fused-ring (bicyclic) bond motifs is 1. The van der Waals surface area contributed by atoms with E-state index in [1.54, 1.807) is 17.3 Å². The van der Waals surface area contributed by atoms with Crippen LogP contribution >= 0.6 is 22.6 Å². The summed E-state index contributed by atoms with van der Waals surface area (Å²) in [5, 5.41) is 0.626. The maximum absolute atomic E-state index is 12.8. The molecule has 9 nitrogen and oxygen atoms in total. The van der Waals surface area contributed by atoms with Crippen molar-refractivity contribution >= 4 is 54.2 Å². The van der Waals surface area contributed by atoms with Crippen LogP contribution in [0, 0.1) is 3.57 Å². The van der Waals surface area contributed by atoms with Crippen LogP contribution in [0.25, 0.3) is 11.0 Å². The number of H-pyrrole nitrogens is 1. The van der Waals surface area contributed by atoms with E-state index in [1.165, 1.54) is 0 Å². The predicted octanol–water partition coefficient (Wildman–Crippen LogP) is 4.43. The highest BCUT2D eigenvalue weighted by atomic mass is 127. The molecule has 1 N–H and O–H groups in total. The van der Waals surface area contributed by atoms with Gasteiger partial charge in [-0.2, -0.15) is 4.98 Å². The molecule has 1 aliphatic heterocycles. The zero-order valence-electron chi connectivity index (χ0n) is 21.1. The topological polar surface area (TPSA) is 94.0 Å². The summed E-state index contributed by atoms with van der Waals surface area (Å²) in [4.78, 5) is 26.2. The van der Waals surface area contributed by atoms with Crippen molar-refractivity contribution in [2.75, 3.05) is 27.3 Å². The third kappa shape index (κ3) is 5.98. The van der Waals surface area contributed by atoms with E-state index in [2.05, 4.69) is 78.0 Å². The summed E-state index contributed by atoms with van der Waals surface area (Å²) >= 11 is 2.16. The van der Waals surface area contributed by atoms with Gasteiger partial charge in [-0.05, 0) is 40.7 Å². The van der Waals surface area contributed by atoms with Crippen molar-refractivity contribution in [2.24, 2.45) is 4.99 Å². The first kappa shape index (κ1) is 27.1. The Bertz CT molecular complexity index is 1110. The van der Waals surface area contributed by atoms with Gasteiger partial charge in [-0.25, -0.2) is 4.99 Å². The zero-order chi connectivity index (χ0) is 25.3. The molecule has 3 atom stereocenters. The lowest BCUT2D eigenvalue weighted by molar-refractivity contribution is -0.0535. The van der Waals surface area contributed by atoms with Gasteiger partial charge in [0, 0.05) is 30.3 Å². The number of nitrogens with zero attached hydrogens (tertiary/aromatic N) is 4. The summed E-state index contributed by atoms with van der Waals surface area (Å²) in [5.41, 5.74) is 0.312. The van der Waals surface area contributed by atoms with Gasteiger partial charge in [0.1, 0.15) is 12.3 Å².